The fraction of sp³-hybridized carbons (Fsp3) is 0.875. The fourth-order valence-corrected chi connectivity index (χ4v) is 1.76. The molecule has 0 amide bonds. The van der Waals surface area contributed by atoms with Crippen molar-refractivity contribution in [1.29, 1.82) is 0 Å². The lowest BCUT2D eigenvalue weighted by atomic mass is 10.2. The summed E-state index contributed by atoms with van der Waals surface area (Å²) in [6, 6.07) is 0.721. The molecule has 2 aliphatic heterocycles. The molecule has 2 heterocycles. The van der Waals surface area contributed by atoms with Crippen molar-refractivity contribution in [3.8, 4) is 0 Å². The second-order valence-corrected chi connectivity index (χ2v) is 3.26. The number of hydrogen-bond donors (Lipinski definition) is 1. The summed E-state index contributed by atoms with van der Waals surface area (Å²) in [5.41, 5.74) is 0. The molecule has 0 bridgehead atoms. The van der Waals surface area contributed by atoms with Gasteiger partial charge in [0, 0.05) is 25.7 Å². The lowest BCUT2D eigenvalue weighted by molar-refractivity contribution is 0.323. The molecule has 1 unspecified atom stereocenters. The first-order valence-electron chi connectivity index (χ1n) is 4.43. The Morgan fingerprint density at radius 3 is 3.18 bits per heavy atom. The fourth-order valence-electron chi connectivity index (χ4n) is 1.76. The molecule has 0 radical (unpaired) electrons. The summed E-state index contributed by atoms with van der Waals surface area (Å²) in [5, 5.41) is 3.37. The molecule has 2 rings (SSSR count). The highest BCUT2D eigenvalue weighted by Crippen LogP contribution is 2.09. The van der Waals surface area contributed by atoms with Crippen molar-refractivity contribution in [2.24, 2.45) is 4.99 Å². The van der Waals surface area contributed by atoms with Crippen LogP contribution < -0.4 is 5.32 Å². The molecule has 0 spiro atoms. The zero-order chi connectivity index (χ0) is 7.52. The summed E-state index contributed by atoms with van der Waals surface area (Å²) >= 11 is 0. The first kappa shape index (κ1) is 7.10. The van der Waals surface area contributed by atoms with E-state index in [4.69, 9.17) is 0 Å². The van der Waals surface area contributed by atoms with Gasteiger partial charge in [0.15, 0.2) is 0 Å². The maximum Gasteiger partial charge on any atom is 0.0852 e. The van der Waals surface area contributed by atoms with E-state index in [9.17, 15) is 0 Å². The smallest absolute Gasteiger partial charge is 0.0852 e. The second kappa shape index (κ2) is 3.22. The topological polar surface area (TPSA) is 27.6 Å². The zero-order valence-corrected chi connectivity index (χ0v) is 6.79. The van der Waals surface area contributed by atoms with Crippen LogP contribution in [0, 0.1) is 0 Å². The third kappa shape index (κ3) is 1.53. The number of rotatable bonds is 1. The van der Waals surface area contributed by atoms with Crippen molar-refractivity contribution >= 4 is 6.34 Å². The summed E-state index contributed by atoms with van der Waals surface area (Å²) in [7, 11) is 0. The van der Waals surface area contributed by atoms with Crippen LogP contribution in [-0.4, -0.2) is 43.5 Å². The number of hydrogen-bond acceptors (Lipinski definition) is 3. The van der Waals surface area contributed by atoms with Crippen molar-refractivity contribution < 1.29 is 0 Å². The Balaban J connectivity index is 1.91. The molecular formula is C8H15N3. The van der Waals surface area contributed by atoms with E-state index in [2.05, 4.69) is 15.2 Å². The summed E-state index contributed by atoms with van der Waals surface area (Å²) in [4.78, 5) is 6.65. The van der Waals surface area contributed by atoms with E-state index >= 15 is 0 Å². The Morgan fingerprint density at radius 1 is 1.55 bits per heavy atom. The lowest BCUT2D eigenvalue weighted by Gasteiger charge is -2.28. The number of nitrogens with one attached hydrogen (secondary N) is 1. The van der Waals surface area contributed by atoms with E-state index < -0.39 is 0 Å². The average Bonchev–Trinajstić information content (AvgIpc) is 2.58. The molecule has 0 aliphatic carbocycles. The van der Waals surface area contributed by atoms with Crippen LogP contribution in [0.5, 0.6) is 0 Å². The predicted octanol–water partition coefficient (Wildman–Crippen LogP) is 0.0823. The number of nitrogens with zero attached hydrogens (tertiary/aromatic N) is 2. The quantitative estimate of drug-likeness (QED) is 0.578. The van der Waals surface area contributed by atoms with Crippen molar-refractivity contribution in [3.63, 3.8) is 0 Å². The van der Waals surface area contributed by atoms with Crippen LogP contribution in [0.1, 0.15) is 12.8 Å². The molecule has 0 aromatic rings. The van der Waals surface area contributed by atoms with Crippen LogP contribution >= 0.6 is 0 Å². The molecule has 11 heavy (non-hydrogen) atoms. The molecule has 0 aromatic carbocycles. The van der Waals surface area contributed by atoms with E-state index in [1.807, 2.05) is 6.34 Å². The molecule has 3 heteroatoms. The average molecular weight is 153 g/mol. The molecule has 1 fully saturated rings. The summed E-state index contributed by atoms with van der Waals surface area (Å²) < 4.78 is 0. The van der Waals surface area contributed by atoms with E-state index in [1.54, 1.807) is 0 Å². The van der Waals surface area contributed by atoms with Crippen molar-refractivity contribution in [2.45, 2.75) is 18.9 Å². The van der Waals surface area contributed by atoms with Crippen LogP contribution in [0.25, 0.3) is 0 Å². The molecular weight excluding hydrogens is 138 g/mol. The Hall–Kier alpha value is -0.570. The van der Waals surface area contributed by atoms with E-state index in [0.717, 1.165) is 19.1 Å². The van der Waals surface area contributed by atoms with Crippen molar-refractivity contribution in [1.82, 2.24) is 10.2 Å². The molecule has 0 saturated carbocycles. The minimum atomic E-state index is 0.721. The summed E-state index contributed by atoms with van der Waals surface area (Å²) in [5.74, 6) is 0. The third-order valence-corrected chi connectivity index (χ3v) is 2.44. The third-order valence-electron chi connectivity index (χ3n) is 2.44. The van der Waals surface area contributed by atoms with Crippen molar-refractivity contribution in [2.75, 3.05) is 26.2 Å². The molecule has 1 N–H and O–H groups in total. The molecule has 2 aliphatic rings. The van der Waals surface area contributed by atoms with Crippen LogP contribution in [0.3, 0.4) is 0 Å². The Morgan fingerprint density at radius 2 is 2.55 bits per heavy atom. The maximum absolute atomic E-state index is 4.28. The van der Waals surface area contributed by atoms with Gasteiger partial charge in [-0.15, -0.1) is 0 Å². The lowest BCUT2D eigenvalue weighted by Crippen LogP contribution is -2.38. The van der Waals surface area contributed by atoms with Crippen LogP contribution in [-0.2, 0) is 0 Å². The zero-order valence-electron chi connectivity index (χ0n) is 6.79. The van der Waals surface area contributed by atoms with Gasteiger partial charge in [0.05, 0.1) is 6.34 Å². The van der Waals surface area contributed by atoms with E-state index in [1.165, 1.54) is 25.9 Å². The highest BCUT2D eigenvalue weighted by molar-refractivity contribution is 5.56. The van der Waals surface area contributed by atoms with Crippen LogP contribution in [0.2, 0.25) is 0 Å². The standard InChI is InChI=1S/C8H15N3/c1-3-10-7-11(5-1)8-2-4-9-6-8/h7-9H,1-6H2. The van der Waals surface area contributed by atoms with Crippen LogP contribution in [0.4, 0.5) is 0 Å². The van der Waals surface area contributed by atoms with Crippen LogP contribution in [0.15, 0.2) is 4.99 Å². The molecule has 0 aromatic heterocycles. The minimum Gasteiger partial charge on any atom is -0.359 e. The van der Waals surface area contributed by atoms with Gasteiger partial charge in [-0.2, -0.15) is 0 Å². The Labute approximate surface area is 67.5 Å². The molecule has 62 valence electrons. The monoisotopic (exact) mass is 153 g/mol. The van der Waals surface area contributed by atoms with Gasteiger partial charge < -0.3 is 10.2 Å². The van der Waals surface area contributed by atoms with Crippen molar-refractivity contribution in [3.05, 3.63) is 0 Å². The first-order chi connectivity index (χ1) is 5.47. The second-order valence-electron chi connectivity index (χ2n) is 3.26. The highest BCUT2D eigenvalue weighted by Gasteiger charge is 2.20. The van der Waals surface area contributed by atoms with Gasteiger partial charge in [0.1, 0.15) is 0 Å². The number of aliphatic imine (C=N–C) groups is 1. The predicted molar refractivity (Wildman–Crippen MR) is 46.0 cm³/mol. The van der Waals surface area contributed by atoms with Gasteiger partial charge >= 0.3 is 0 Å². The highest BCUT2D eigenvalue weighted by atomic mass is 15.2. The summed E-state index contributed by atoms with van der Waals surface area (Å²) in [6.07, 6.45) is 4.54. The van der Waals surface area contributed by atoms with Gasteiger partial charge in [-0.05, 0) is 19.4 Å². The maximum atomic E-state index is 4.28. The molecule has 1 atom stereocenters. The molecule has 1 saturated heterocycles. The molecule has 3 nitrogen and oxygen atoms in total. The Kier molecular flexibility index (Phi) is 2.08. The minimum absolute atomic E-state index is 0.721. The van der Waals surface area contributed by atoms with Gasteiger partial charge in [-0.3, -0.25) is 4.99 Å². The first-order valence-corrected chi connectivity index (χ1v) is 4.43. The van der Waals surface area contributed by atoms with E-state index in [-0.39, 0.29) is 0 Å². The van der Waals surface area contributed by atoms with E-state index in [0.29, 0.717) is 0 Å². The van der Waals surface area contributed by atoms with Gasteiger partial charge in [-0.1, -0.05) is 0 Å². The van der Waals surface area contributed by atoms with Gasteiger partial charge in [0.25, 0.3) is 0 Å². The largest absolute Gasteiger partial charge is 0.359 e. The Bertz CT molecular complexity index is 149. The van der Waals surface area contributed by atoms with Gasteiger partial charge in [0.2, 0.25) is 0 Å². The normalized spacial score (nSPS) is 31.3. The van der Waals surface area contributed by atoms with Gasteiger partial charge in [-0.25, -0.2) is 0 Å². The SMILES string of the molecule is C1=NCCCN1C1CCNC1. The summed E-state index contributed by atoms with van der Waals surface area (Å²) in [6.45, 7) is 4.55.